The van der Waals surface area contributed by atoms with Crippen LogP contribution in [0.1, 0.15) is 101 Å². The summed E-state index contributed by atoms with van der Waals surface area (Å²) in [6, 6.07) is 0. The number of aliphatic hydroxyl groups is 1. The summed E-state index contributed by atoms with van der Waals surface area (Å²) >= 11 is 0. The minimum absolute atomic E-state index is 0.127. The van der Waals surface area contributed by atoms with Gasteiger partial charge in [0.15, 0.2) is 5.78 Å². The molecular formula is C42H58O2. The van der Waals surface area contributed by atoms with Crippen LogP contribution in [-0.4, -0.2) is 17.0 Å². The molecule has 238 valence electrons. The number of allylic oxidation sites excluding steroid dienone is 23. The highest BCUT2D eigenvalue weighted by Gasteiger charge is 2.37. The average Bonchev–Trinajstić information content (AvgIpc) is 2.95. The number of aliphatic hydroxyl groups excluding tert-OH is 1. The van der Waals surface area contributed by atoms with Crippen molar-refractivity contribution in [1.29, 1.82) is 0 Å². The third kappa shape index (κ3) is 15.3. The van der Waals surface area contributed by atoms with Gasteiger partial charge in [0.2, 0.25) is 0 Å². The molecule has 44 heavy (non-hydrogen) atoms. The summed E-state index contributed by atoms with van der Waals surface area (Å²) in [6.07, 6.45) is 37.4. The lowest BCUT2D eigenvalue weighted by molar-refractivity contribution is -0.125. The van der Waals surface area contributed by atoms with Crippen molar-refractivity contribution in [2.45, 2.75) is 107 Å². The normalized spacial score (nSPS) is 19.7. The van der Waals surface area contributed by atoms with E-state index >= 15 is 0 Å². The fourth-order valence-electron chi connectivity index (χ4n) is 4.93. The molecule has 1 rings (SSSR count). The van der Waals surface area contributed by atoms with Crippen LogP contribution >= 0.6 is 0 Å². The van der Waals surface area contributed by atoms with Crippen LogP contribution in [-0.2, 0) is 4.79 Å². The van der Waals surface area contributed by atoms with Gasteiger partial charge in [-0.3, -0.25) is 4.79 Å². The Morgan fingerprint density at radius 2 is 1.23 bits per heavy atom. The monoisotopic (exact) mass is 594 g/mol. The van der Waals surface area contributed by atoms with E-state index in [4.69, 9.17) is 0 Å². The van der Waals surface area contributed by atoms with Gasteiger partial charge in [0.1, 0.15) is 6.10 Å². The van der Waals surface area contributed by atoms with Crippen LogP contribution in [0.25, 0.3) is 0 Å². The largest absolute Gasteiger partial charge is 0.385 e. The predicted molar refractivity (Wildman–Crippen MR) is 194 cm³/mol. The second-order valence-electron chi connectivity index (χ2n) is 12.7. The maximum absolute atomic E-state index is 12.5. The second-order valence-corrected chi connectivity index (χ2v) is 12.7. The van der Waals surface area contributed by atoms with E-state index < -0.39 is 6.10 Å². The van der Waals surface area contributed by atoms with Gasteiger partial charge >= 0.3 is 0 Å². The average molecular weight is 595 g/mol. The first-order valence-corrected chi connectivity index (χ1v) is 16.2. The topological polar surface area (TPSA) is 37.3 Å². The van der Waals surface area contributed by atoms with Crippen LogP contribution in [0.15, 0.2) is 142 Å². The molecule has 1 N–H and O–H groups in total. The molecular weight excluding hydrogens is 536 g/mol. The van der Waals surface area contributed by atoms with Gasteiger partial charge in [-0.2, -0.15) is 0 Å². The molecule has 0 aromatic heterocycles. The van der Waals surface area contributed by atoms with Crippen molar-refractivity contribution >= 4 is 5.78 Å². The Morgan fingerprint density at radius 1 is 0.750 bits per heavy atom. The lowest BCUT2D eigenvalue weighted by atomic mass is 9.70. The highest BCUT2D eigenvalue weighted by Crippen LogP contribution is 2.40. The van der Waals surface area contributed by atoms with Crippen LogP contribution in [0.4, 0.5) is 0 Å². The van der Waals surface area contributed by atoms with Crippen molar-refractivity contribution in [2.24, 2.45) is 5.41 Å². The number of Topliss-reactive ketones (excluding diaryl/α,β-unsaturated/α-hetero) is 1. The third-order valence-corrected chi connectivity index (χ3v) is 7.65. The third-order valence-electron chi connectivity index (χ3n) is 7.65. The Bertz CT molecular complexity index is 1330. The molecule has 2 heteroatoms. The first kappa shape index (κ1) is 38.5. The molecule has 0 aliphatic heterocycles. The Kier molecular flexibility index (Phi) is 17.9. The molecule has 0 amide bonds. The van der Waals surface area contributed by atoms with Crippen molar-refractivity contribution < 1.29 is 9.90 Å². The molecule has 0 aromatic rings. The Balaban J connectivity index is 2.70. The molecule has 0 fully saturated rings. The van der Waals surface area contributed by atoms with E-state index in [-0.39, 0.29) is 11.2 Å². The first-order valence-electron chi connectivity index (χ1n) is 16.2. The molecule has 1 aliphatic rings. The van der Waals surface area contributed by atoms with Gasteiger partial charge in [0.25, 0.3) is 0 Å². The maximum Gasteiger partial charge on any atom is 0.187 e. The van der Waals surface area contributed by atoms with E-state index in [0.717, 1.165) is 41.6 Å². The zero-order valence-electron chi connectivity index (χ0n) is 29.2. The molecule has 0 spiro atoms. The fraction of sp³-hybridized carbons (Fsp3) is 0.405. The molecule has 2 nitrogen and oxygen atoms in total. The van der Waals surface area contributed by atoms with E-state index in [1.54, 1.807) is 0 Å². The van der Waals surface area contributed by atoms with E-state index in [1.165, 1.54) is 22.3 Å². The smallest absolute Gasteiger partial charge is 0.187 e. The van der Waals surface area contributed by atoms with E-state index in [0.29, 0.717) is 12.8 Å². The number of rotatable bonds is 15. The summed E-state index contributed by atoms with van der Waals surface area (Å²) in [5, 5.41) is 10.2. The quantitative estimate of drug-likeness (QED) is 0.151. The van der Waals surface area contributed by atoms with Crippen LogP contribution in [0.2, 0.25) is 0 Å². The highest BCUT2D eigenvalue weighted by atomic mass is 16.3. The fourth-order valence-corrected chi connectivity index (χ4v) is 4.93. The molecule has 0 heterocycles. The summed E-state index contributed by atoms with van der Waals surface area (Å²) in [7, 11) is 0. The van der Waals surface area contributed by atoms with Crippen LogP contribution in [0.5, 0.6) is 0 Å². The molecule has 1 aliphatic carbocycles. The van der Waals surface area contributed by atoms with Crippen molar-refractivity contribution in [3.8, 4) is 0 Å². The van der Waals surface area contributed by atoms with Crippen molar-refractivity contribution in [2.75, 3.05) is 0 Å². The van der Waals surface area contributed by atoms with Crippen molar-refractivity contribution in [3.63, 3.8) is 0 Å². The Morgan fingerprint density at radius 3 is 1.70 bits per heavy atom. The van der Waals surface area contributed by atoms with E-state index in [9.17, 15) is 9.90 Å². The van der Waals surface area contributed by atoms with Gasteiger partial charge in [0, 0.05) is 5.57 Å². The maximum atomic E-state index is 12.5. The Labute approximate surface area is 269 Å². The van der Waals surface area contributed by atoms with Gasteiger partial charge in [-0.1, -0.05) is 158 Å². The van der Waals surface area contributed by atoms with Gasteiger partial charge in [-0.15, -0.1) is 0 Å². The van der Waals surface area contributed by atoms with Gasteiger partial charge in [-0.05, 0) is 84.6 Å². The number of carbonyl (C=O) groups is 1. The summed E-state index contributed by atoms with van der Waals surface area (Å²) in [5.74, 6) is -0.127. The number of hydrogen-bond donors (Lipinski definition) is 1. The summed E-state index contributed by atoms with van der Waals surface area (Å²) in [5.41, 5.74) is 9.09. The standard InChI is InChI=1S/C42H58O2/c1-11-37(27-15-19-32(3)4)28-18-26-35(7)24-16-22-33(5)20-13-14-21-34(6)23-17-25-36(8)29-30-39-38(12-2)41(44)40(43)31-42(39,9)10/h13-14,16-26,28-30,40,43H,11-12,15,27,31H2,1-10H3/b14-13+,22-16+,23-17+,26-18+,30-29+,33-20+,34-21+,35-24+,36-25+,37-28+. The predicted octanol–water partition coefficient (Wildman–Crippen LogP) is 11.7. The number of hydrogen-bond acceptors (Lipinski definition) is 2. The van der Waals surface area contributed by atoms with Crippen molar-refractivity contribution in [3.05, 3.63) is 142 Å². The first-order chi connectivity index (χ1) is 20.8. The molecule has 0 saturated carbocycles. The summed E-state index contributed by atoms with van der Waals surface area (Å²) in [4.78, 5) is 12.5. The van der Waals surface area contributed by atoms with E-state index in [1.807, 2.05) is 13.0 Å². The lowest BCUT2D eigenvalue weighted by Gasteiger charge is -2.35. The summed E-state index contributed by atoms with van der Waals surface area (Å²) < 4.78 is 0. The van der Waals surface area contributed by atoms with Crippen molar-refractivity contribution in [1.82, 2.24) is 0 Å². The highest BCUT2D eigenvalue weighted by molar-refractivity contribution is 6.01. The SMILES string of the molecule is CCC1=C(/C=C/C(C)=C/C=C/C(C)=C/C=C/C=C(C)/C=C/C=C(C)/C=C/C=C(\CC)CCC=C(C)C)C(C)(C)CC(O)C1=O. The minimum atomic E-state index is -0.889. The summed E-state index contributed by atoms with van der Waals surface area (Å²) in [6.45, 7) is 21.1. The molecule has 0 bridgehead atoms. The van der Waals surface area contributed by atoms with Crippen LogP contribution in [0.3, 0.4) is 0 Å². The van der Waals surface area contributed by atoms with E-state index in [2.05, 4.69) is 153 Å². The van der Waals surface area contributed by atoms with Gasteiger partial charge in [-0.25, -0.2) is 0 Å². The number of carbonyl (C=O) groups excluding carboxylic acids is 1. The molecule has 0 saturated heterocycles. The van der Waals surface area contributed by atoms with Crippen LogP contribution in [0, 0.1) is 5.41 Å². The second kappa shape index (κ2) is 20.5. The van der Waals surface area contributed by atoms with Gasteiger partial charge in [0.05, 0.1) is 0 Å². The zero-order valence-corrected chi connectivity index (χ0v) is 29.2. The Hall–Kier alpha value is -3.49. The molecule has 1 atom stereocenters. The number of ketones is 1. The molecule has 1 unspecified atom stereocenters. The zero-order chi connectivity index (χ0) is 33.1. The molecule has 0 radical (unpaired) electrons. The van der Waals surface area contributed by atoms with Crippen LogP contribution < -0.4 is 0 Å². The minimum Gasteiger partial charge on any atom is -0.385 e. The van der Waals surface area contributed by atoms with Gasteiger partial charge < -0.3 is 5.11 Å². The lowest BCUT2D eigenvalue weighted by Crippen LogP contribution is -2.36. The molecule has 0 aromatic carbocycles.